The molecule has 2 N–H and O–H groups in total. The Morgan fingerprint density at radius 1 is 1.50 bits per heavy atom. The molecule has 1 atom stereocenters. The molecule has 1 aromatic carbocycles. The molecule has 20 heavy (non-hydrogen) atoms. The predicted octanol–water partition coefficient (Wildman–Crippen LogP) is 2.54. The maximum absolute atomic E-state index is 13.3. The number of carbonyl (C=O) groups excluding carboxylic acids is 1. The zero-order valence-electron chi connectivity index (χ0n) is 12.1. The Hall–Kier alpha value is -1.62. The van der Waals surface area contributed by atoms with Crippen molar-refractivity contribution in [3.05, 3.63) is 35.6 Å². The normalized spacial score (nSPS) is 22.0. The first-order chi connectivity index (χ1) is 9.31. The van der Waals surface area contributed by atoms with Crippen molar-refractivity contribution in [2.45, 2.75) is 38.3 Å². The van der Waals surface area contributed by atoms with E-state index in [1.165, 1.54) is 12.1 Å². The van der Waals surface area contributed by atoms with Crippen molar-refractivity contribution in [3.8, 4) is 0 Å². The molecule has 2 rings (SSSR count). The van der Waals surface area contributed by atoms with E-state index in [0.717, 1.165) is 18.5 Å². The van der Waals surface area contributed by atoms with Crippen molar-refractivity contribution in [2.75, 3.05) is 13.1 Å². The molecule has 1 aliphatic rings. The van der Waals surface area contributed by atoms with Gasteiger partial charge >= 0.3 is 6.09 Å². The number of benzene rings is 1. The lowest BCUT2D eigenvalue weighted by atomic mass is 9.80. The Labute approximate surface area is 118 Å². The molecular weight excluding hydrogens is 259 g/mol. The van der Waals surface area contributed by atoms with Crippen molar-refractivity contribution in [3.63, 3.8) is 0 Å². The minimum Gasteiger partial charge on any atom is -0.444 e. The summed E-state index contributed by atoms with van der Waals surface area (Å²) >= 11 is 0. The van der Waals surface area contributed by atoms with E-state index in [-0.39, 0.29) is 11.4 Å². The summed E-state index contributed by atoms with van der Waals surface area (Å²) in [5, 5.41) is 6.04. The predicted molar refractivity (Wildman–Crippen MR) is 74.9 cm³/mol. The third-order valence-electron chi connectivity index (χ3n) is 3.33. The van der Waals surface area contributed by atoms with Gasteiger partial charge in [0.25, 0.3) is 0 Å². The lowest BCUT2D eigenvalue weighted by Crippen LogP contribution is -2.60. The van der Waals surface area contributed by atoms with Crippen LogP contribution in [0.4, 0.5) is 9.18 Å². The average molecular weight is 280 g/mol. The Morgan fingerprint density at radius 3 is 2.70 bits per heavy atom. The molecule has 0 saturated carbocycles. The standard InChI is InChI=1S/C15H21FN2O2/c1-14(2,3)20-13(19)17-10-15(7-8-18-15)11-5-4-6-12(16)9-11/h4-6,9,18H,7-8,10H2,1-3H3,(H,17,19). The van der Waals surface area contributed by atoms with Gasteiger partial charge in [-0.2, -0.15) is 0 Å². The third kappa shape index (κ3) is 3.48. The van der Waals surface area contributed by atoms with Gasteiger partial charge in [0.1, 0.15) is 11.4 Å². The van der Waals surface area contributed by atoms with E-state index in [1.807, 2.05) is 26.8 Å². The molecule has 5 heteroatoms. The molecule has 0 spiro atoms. The fourth-order valence-corrected chi connectivity index (χ4v) is 2.25. The Bertz CT molecular complexity index is 493. The fourth-order valence-electron chi connectivity index (χ4n) is 2.25. The van der Waals surface area contributed by atoms with Gasteiger partial charge in [-0.3, -0.25) is 0 Å². The molecule has 1 aliphatic heterocycles. The average Bonchev–Trinajstić information content (AvgIpc) is 2.25. The lowest BCUT2D eigenvalue weighted by molar-refractivity contribution is 0.0491. The highest BCUT2D eigenvalue weighted by molar-refractivity contribution is 5.67. The number of ether oxygens (including phenoxy) is 1. The van der Waals surface area contributed by atoms with Gasteiger partial charge in [0.2, 0.25) is 0 Å². The number of hydrogen-bond donors (Lipinski definition) is 2. The van der Waals surface area contributed by atoms with Crippen LogP contribution in [-0.2, 0) is 10.3 Å². The summed E-state index contributed by atoms with van der Waals surface area (Å²) in [6, 6.07) is 6.46. The van der Waals surface area contributed by atoms with E-state index in [2.05, 4.69) is 10.6 Å². The molecule has 110 valence electrons. The number of nitrogens with one attached hydrogen (secondary N) is 2. The Kier molecular flexibility index (Phi) is 3.99. The van der Waals surface area contributed by atoms with Gasteiger partial charge in [0, 0.05) is 6.54 Å². The van der Waals surface area contributed by atoms with Gasteiger partial charge in [-0.05, 0) is 51.4 Å². The van der Waals surface area contributed by atoms with Crippen molar-refractivity contribution in [1.82, 2.24) is 10.6 Å². The summed E-state index contributed by atoms with van der Waals surface area (Å²) in [5.41, 5.74) is -0.0675. The van der Waals surface area contributed by atoms with Gasteiger partial charge in [-0.1, -0.05) is 12.1 Å². The zero-order chi connectivity index (χ0) is 14.8. The van der Waals surface area contributed by atoms with E-state index < -0.39 is 11.7 Å². The minimum absolute atomic E-state index is 0.271. The van der Waals surface area contributed by atoms with Crippen LogP contribution >= 0.6 is 0 Å². The van der Waals surface area contributed by atoms with Crippen molar-refractivity contribution in [2.24, 2.45) is 0 Å². The van der Waals surface area contributed by atoms with Gasteiger partial charge < -0.3 is 15.4 Å². The molecule has 0 bridgehead atoms. The number of carbonyl (C=O) groups is 1. The van der Waals surface area contributed by atoms with Gasteiger partial charge in [-0.25, -0.2) is 9.18 Å². The van der Waals surface area contributed by atoms with Crippen LogP contribution in [0.25, 0.3) is 0 Å². The fraction of sp³-hybridized carbons (Fsp3) is 0.533. The summed E-state index contributed by atoms with van der Waals surface area (Å²) in [7, 11) is 0. The molecule has 1 unspecified atom stereocenters. The number of amides is 1. The topological polar surface area (TPSA) is 50.4 Å². The monoisotopic (exact) mass is 280 g/mol. The maximum Gasteiger partial charge on any atom is 0.407 e. The molecular formula is C15H21FN2O2. The SMILES string of the molecule is CC(C)(C)OC(=O)NCC1(c2cccc(F)c2)CCN1. The number of halogens is 1. The molecule has 1 saturated heterocycles. The van der Waals surface area contributed by atoms with Crippen LogP contribution in [0.5, 0.6) is 0 Å². The summed E-state index contributed by atoms with van der Waals surface area (Å²) in [4.78, 5) is 11.7. The molecule has 4 nitrogen and oxygen atoms in total. The van der Waals surface area contributed by atoms with E-state index in [9.17, 15) is 9.18 Å². The molecule has 1 amide bonds. The second-order valence-electron chi connectivity index (χ2n) is 6.12. The molecule has 0 aliphatic carbocycles. The summed E-state index contributed by atoms with van der Waals surface area (Å²) in [5.74, 6) is -0.271. The highest BCUT2D eigenvalue weighted by Gasteiger charge is 2.39. The van der Waals surface area contributed by atoms with E-state index in [4.69, 9.17) is 4.74 Å². The van der Waals surface area contributed by atoms with Crippen LogP contribution in [0.2, 0.25) is 0 Å². The smallest absolute Gasteiger partial charge is 0.407 e. The van der Waals surface area contributed by atoms with Crippen LogP contribution in [0.3, 0.4) is 0 Å². The van der Waals surface area contributed by atoms with Gasteiger partial charge in [0.05, 0.1) is 5.54 Å². The molecule has 1 aromatic rings. The highest BCUT2D eigenvalue weighted by Crippen LogP contribution is 2.31. The first-order valence-electron chi connectivity index (χ1n) is 6.79. The number of alkyl carbamates (subject to hydrolysis) is 1. The van der Waals surface area contributed by atoms with Crippen LogP contribution in [0.15, 0.2) is 24.3 Å². The van der Waals surface area contributed by atoms with Crippen molar-refractivity contribution >= 4 is 6.09 Å². The van der Waals surface area contributed by atoms with Crippen LogP contribution in [0.1, 0.15) is 32.8 Å². The molecule has 0 aromatic heterocycles. The zero-order valence-corrected chi connectivity index (χ0v) is 12.1. The first-order valence-corrected chi connectivity index (χ1v) is 6.79. The van der Waals surface area contributed by atoms with E-state index >= 15 is 0 Å². The second-order valence-corrected chi connectivity index (χ2v) is 6.12. The third-order valence-corrected chi connectivity index (χ3v) is 3.33. The van der Waals surface area contributed by atoms with Gasteiger partial charge in [-0.15, -0.1) is 0 Å². The summed E-state index contributed by atoms with van der Waals surface area (Å²) in [6.07, 6.45) is 0.397. The summed E-state index contributed by atoms with van der Waals surface area (Å²) < 4.78 is 18.5. The molecule has 1 fully saturated rings. The highest BCUT2D eigenvalue weighted by atomic mass is 19.1. The van der Waals surface area contributed by atoms with Crippen LogP contribution in [0, 0.1) is 5.82 Å². The second kappa shape index (κ2) is 5.40. The quantitative estimate of drug-likeness (QED) is 0.894. The Balaban J connectivity index is 2.01. The first kappa shape index (κ1) is 14.8. The van der Waals surface area contributed by atoms with Crippen LogP contribution in [-0.4, -0.2) is 24.8 Å². The van der Waals surface area contributed by atoms with Crippen molar-refractivity contribution < 1.29 is 13.9 Å². The number of hydrogen-bond acceptors (Lipinski definition) is 3. The minimum atomic E-state index is -0.525. The van der Waals surface area contributed by atoms with Crippen LogP contribution < -0.4 is 10.6 Å². The van der Waals surface area contributed by atoms with Gasteiger partial charge in [0.15, 0.2) is 0 Å². The Morgan fingerprint density at radius 2 is 2.20 bits per heavy atom. The van der Waals surface area contributed by atoms with Crippen molar-refractivity contribution in [1.29, 1.82) is 0 Å². The molecule has 1 heterocycles. The maximum atomic E-state index is 13.3. The lowest BCUT2D eigenvalue weighted by Gasteiger charge is -2.44. The summed E-state index contributed by atoms with van der Waals surface area (Å²) in [6.45, 7) is 6.68. The number of rotatable bonds is 3. The van der Waals surface area contributed by atoms with E-state index in [0.29, 0.717) is 6.54 Å². The largest absolute Gasteiger partial charge is 0.444 e. The van der Waals surface area contributed by atoms with E-state index in [1.54, 1.807) is 6.07 Å². The molecule has 0 radical (unpaired) electrons.